The van der Waals surface area contributed by atoms with E-state index in [1.54, 1.807) is 18.0 Å². The Morgan fingerprint density at radius 3 is 2.71 bits per heavy atom. The van der Waals surface area contributed by atoms with Crippen molar-refractivity contribution in [1.82, 2.24) is 29.8 Å². The number of nitrogens with one attached hydrogen (secondary N) is 1. The van der Waals surface area contributed by atoms with E-state index < -0.39 is 10.8 Å². The van der Waals surface area contributed by atoms with Crippen LogP contribution in [0.5, 0.6) is 0 Å². The van der Waals surface area contributed by atoms with Gasteiger partial charge in [-0.1, -0.05) is 0 Å². The third kappa shape index (κ3) is 4.41. The molecule has 0 saturated carbocycles. The molecule has 0 radical (unpaired) electrons. The van der Waals surface area contributed by atoms with Crippen LogP contribution in [0.2, 0.25) is 0 Å². The number of hydrogen-bond acceptors (Lipinski definition) is 6. The summed E-state index contributed by atoms with van der Waals surface area (Å²) in [5.41, 5.74) is 6.57. The van der Waals surface area contributed by atoms with Gasteiger partial charge in [-0.3, -0.25) is 13.6 Å². The van der Waals surface area contributed by atoms with Gasteiger partial charge in [-0.2, -0.15) is 10.2 Å². The predicted molar refractivity (Wildman–Crippen MR) is 146 cm³/mol. The third-order valence-corrected chi connectivity index (χ3v) is 8.94. The van der Waals surface area contributed by atoms with Crippen molar-refractivity contribution in [3.63, 3.8) is 0 Å². The lowest BCUT2D eigenvalue weighted by Gasteiger charge is -2.33. The highest BCUT2D eigenvalue weighted by Gasteiger charge is 2.34. The number of anilines is 2. The first-order valence-corrected chi connectivity index (χ1v) is 14.9. The summed E-state index contributed by atoms with van der Waals surface area (Å²) in [5, 5.41) is 12.4. The normalized spacial score (nSPS) is 18.7. The van der Waals surface area contributed by atoms with Crippen molar-refractivity contribution in [3.05, 3.63) is 41.3 Å². The molecule has 1 unspecified atom stereocenters. The molecule has 202 valence electrons. The van der Waals surface area contributed by atoms with Gasteiger partial charge in [0.05, 0.1) is 29.6 Å². The molecule has 2 amide bonds. The maximum absolute atomic E-state index is 13.0. The number of fused-ring (bicyclic) bond motifs is 2. The van der Waals surface area contributed by atoms with Crippen LogP contribution in [-0.4, -0.2) is 74.3 Å². The van der Waals surface area contributed by atoms with Crippen molar-refractivity contribution in [2.75, 3.05) is 44.5 Å². The summed E-state index contributed by atoms with van der Waals surface area (Å²) >= 11 is 0. The molecule has 0 bridgehead atoms. The summed E-state index contributed by atoms with van der Waals surface area (Å²) in [5.74, 6) is 0.919. The Bertz CT molecular complexity index is 1390. The fourth-order valence-electron chi connectivity index (χ4n) is 6.07. The van der Waals surface area contributed by atoms with Gasteiger partial charge in [0, 0.05) is 92.2 Å². The average Bonchev–Trinajstić information content (AvgIpc) is 3.55. The van der Waals surface area contributed by atoms with Crippen molar-refractivity contribution in [3.8, 4) is 11.1 Å². The van der Waals surface area contributed by atoms with Gasteiger partial charge in [0.15, 0.2) is 5.82 Å². The number of urea groups is 1. The number of nitrogens with zero attached hydrogens (tertiary/aromatic N) is 6. The van der Waals surface area contributed by atoms with Crippen LogP contribution < -0.4 is 10.2 Å². The first-order valence-electron chi connectivity index (χ1n) is 13.4. The van der Waals surface area contributed by atoms with Gasteiger partial charge in [-0.15, -0.1) is 0 Å². The van der Waals surface area contributed by atoms with Gasteiger partial charge < -0.3 is 19.9 Å². The Morgan fingerprint density at radius 1 is 1.18 bits per heavy atom. The van der Waals surface area contributed by atoms with E-state index in [9.17, 15) is 9.00 Å². The van der Waals surface area contributed by atoms with E-state index in [1.165, 1.54) is 11.3 Å². The minimum Gasteiger partial charge on any atom is -0.381 e. The SMILES string of the molecule is CNC(=O)N1CCc2c(c(N3CCCc4cc(-c5cnn(C)c5)c(S(C)=O)cc43)nn2C2CCOCC2)C1. The Morgan fingerprint density at radius 2 is 2.00 bits per heavy atom. The molecule has 2 aromatic heterocycles. The van der Waals surface area contributed by atoms with E-state index in [2.05, 4.69) is 32.1 Å². The fraction of sp³-hybridized carbons (Fsp3) is 0.519. The number of aromatic nitrogens is 4. The third-order valence-electron chi connectivity index (χ3n) is 7.98. The second-order valence-corrected chi connectivity index (χ2v) is 11.7. The molecule has 1 aromatic carbocycles. The van der Waals surface area contributed by atoms with Crippen LogP contribution in [0.1, 0.15) is 42.1 Å². The first kappa shape index (κ1) is 25.1. The molecule has 3 aromatic rings. The van der Waals surface area contributed by atoms with E-state index in [4.69, 9.17) is 9.84 Å². The summed E-state index contributed by atoms with van der Waals surface area (Å²) in [6.07, 6.45) is 10.1. The quantitative estimate of drug-likeness (QED) is 0.549. The summed E-state index contributed by atoms with van der Waals surface area (Å²) in [6.45, 7) is 3.51. The second kappa shape index (κ2) is 10.2. The Balaban J connectivity index is 1.47. The number of benzene rings is 1. The summed E-state index contributed by atoms with van der Waals surface area (Å²) in [7, 11) is 2.39. The van der Waals surface area contributed by atoms with Gasteiger partial charge in [0.1, 0.15) is 0 Å². The average molecular weight is 538 g/mol. The molecule has 1 N–H and O–H groups in total. The predicted octanol–water partition coefficient (Wildman–Crippen LogP) is 3.15. The number of ether oxygens (including phenoxy) is 1. The van der Waals surface area contributed by atoms with Crippen LogP contribution in [-0.2, 0) is 42.0 Å². The molecular formula is C27H35N7O3S. The summed E-state index contributed by atoms with van der Waals surface area (Å²) < 4.78 is 22.6. The number of rotatable bonds is 4. The summed E-state index contributed by atoms with van der Waals surface area (Å²) in [4.78, 5) is 17.5. The molecule has 11 heteroatoms. The first-order chi connectivity index (χ1) is 18.4. The number of hydrogen-bond donors (Lipinski definition) is 1. The van der Waals surface area contributed by atoms with Crippen molar-refractivity contribution >= 4 is 28.3 Å². The topological polar surface area (TPSA) is 97.5 Å². The highest BCUT2D eigenvalue weighted by Crippen LogP contribution is 2.42. The van der Waals surface area contributed by atoms with Crippen LogP contribution in [0.4, 0.5) is 16.3 Å². The van der Waals surface area contributed by atoms with E-state index in [0.29, 0.717) is 19.1 Å². The number of carbonyl (C=O) groups excluding carboxylic acids is 1. The molecule has 1 atom stereocenters. The molecule has 5 heterocycles. The van der Waals surface area contributed by atoms with E-state index >= 15 is 0 Å². The van der Waals surface area contributed by atoms with Gasteiger partial charge >= 0.3 is 6.03 Å². The smallest absolute Gasteiger partial charge is 0.317 e. The lowest BCUT2D eigenvalue weighted by Crippen LogP contribution is -2.42. The van der Waals surface area contributed by atoms with Crippen molar-refractivity contribution in [2.24, 2.45) is 7.05 Å². The van der Waals surface area contributed by atoms with Crippen molar-refractivity contribution in [1.29, 1.82) is 0 Å². The van der Waals surface area contributed by atoms with Crippen LogP contribution in [0.3, 0.4) is 0 Å². The zero-order valence-electron chi connectivity index (χ0n) is 22.3. The second-order valence-electron chi connectivity index (χ2n) is 10.4. The Kier molecular flexibility index (Phi) is 6.73. The van der Waals surface area contributed by atoms with Crippen molar-refractivity contribution in [2.45, 2.75) is 49.6 Å². The van der Waals surface area contributed by atoms with Crippen molar-refractivity contribution < 1.29 is 13.7 Å². The van der Waals surface area contributed by atoms with Crippen LogP contribution in [0.15, 0.2) is 29.4 Å². The molecule has 3 aliphatic rings. The molecule has 38 heavy (non-hydrogen) atoms. The molecule has 1 saturated heterocycles. The zero-order chi connectivity index (χ0) is 26.4. The maximum atomic E-state index is 13.0. The molecular weight excluding hydrogens is 502 g/mol. The van der Waals surface area contributed by atoms with Gasteiger partial charge in [0.2, 0.25) is 0 Å². The lowest BCUT2D eigenvalue weighted by atomic mass is 9.96. The highest BCUT2D eigenvalue weighted by atomic mass is 32.2. The lowest BCUT2D eigenvalue weighted by molar-refractivity contribution is 0.0651. The molecule has 1 fully saturated rings. The number of aryl methyl sites for hydroxylation is 2. The summed E-state index contributed by atoms with van der Waals surface area (Å²) in [6, 6.07) is 4.51. The van der Waals surface area contributed by atoms with E-state index in [1.807, 2.05) is 24.3 Å². The number of carbonyl (C=O) groups is 1. The monoisotopic (exact) mass is 537 g/mol. The van der Waals surface area contributed by atoms with Gasteiger partial charge in [0.25, 0.3) is 0 Å². The molecule has 6 rings (SSSR count). The highest BCUT2D eigenvalue weighted by molar-refractivity contribution is 7.84. The molecule has 10 nitrogen and oxygen atoms in total. The fourth-order valence-corrected chi connectivity index (χ4v) is 6.83. The molecule has 3 aliphatic heterocycles. The largest absolute Gasteiger partial charge is 0.381 e. The van der Waals surface area contributed by atoms with Gasteiger partial charge in [-0.05, 0) is 43.4 Å². The zero-order valence-corrected chi connectivity index (χ0v) is 23.1. The standard InChI is InChI=1S/C27H35N7O3S/c1-28-27(35)32-10-6-23-22(17-32)26(30-34(23)20-7-11-37-12-8-20)33-9-4-5-18-13-21(19-15-29-31(2)16-19)25(38(3)36)14-24(18)33/h13-16,20H,4-12,17H2,1-3H3,(H,28,35). The molecule has 0 aliphatic carbocycles. The Labute approximate surface area is 225 Å². The Hall–Kier alpha value is -3.18. The maximum Gasteiger partial charge on any atom is 0.317 e. The van der Waals surface area contributed by atoms with Crippen LogP contribution >= 0.6 is 0 Å². The van der Waals surface area contributed by atoms with E-state index in [-0.39, 0.29) is 6.03 Å². The molecule has 0 spiro atoms. The van der Waals surface area contributed by atoms with Crippen LogP contribution in [0.25, 0.3) is 11.1 Å². The van der Waals surface area contributed by atoms with Gasteiger partial charge in [-0.25, -0.2) is 4.79 Å². The minimum absolute atomic E-state index is 0.0655. The number of amides is 2. The van der Waals surface area contributed by atoms with Crippen LogP contribution in [0, 0.1) is 0 Å². The minimum atomic E-state index is -1.18. The van der Waals surface area contributed by atoms with E-state index in [0.717, 1.165) is 85.0 Å².